The van der Waals surface area contributed by atoms with E-state index in [1.807, 2.05) is 6.92 Å². The molecule has 1 aliphatic carbocycles. The van der Waals surface area contributed by atoms with E-state index in [4.69, 9.17) is 0 Å². The van der Waals surface area contributed by atoms with Gasteiger partial charge in [0.25, 0.3) is 0 Å². The second-order valence-electron chi connectivity index (χ2n) is 3.52. The first-order chi connectivity index (χ1) is 6.15. The SMILES string of the molecule is CN=NCC1C(=O)CC(C)CC1=O. The van der Waals surface area contributed by atoms with Crippen molar-refractivity contribution >= 4 is 11.6 Å². The van der Waals surface area contributed by atoms with E-state index in [0.29, 0.717) is 12.8 Å². The highest BCUT2D eigenvalue weighted by Gasteiger charge is 2.33. The zero-order chi connectivity index (χ0) is 9.84. The van der Waals surface area contributed by atoms with Gasteiger partial charge in [0.2, 0.25) is 0 Å². The third kappa shape index (κ3) is 2.44. The van der Waals surface area contributed by atoms with E-state index < -0.39 is 5.92 Å². The number of Topliss-reactive ketones (excluding diaryl/α,β-unsaturated/α-hetero) is 2. The number of rotatable bonds is 2. The first-order valence-electron chi connectivity index (χ1n) is 4.46. The Morgan fingerprint density at radius 3 is 2.31 bits per heavy atom. The molecule has 13 heavy (non-hydrogen) atoms. The van der Waals surface area contributed by atoms with E-state index in [-0.39, 0.29) is 24.0 Å². The Morgan fingerprint density at radius 2 is 1.85 bits per heavy atom. The molecule has 1 fully saturated rings. The van der Waals surface area contributed by atoms with Gasteiger partial charge in [0, 0.05) is 19.9 Å². The van der Waals surface area contributed by atoms with Crippen molar-refractivity contribution in [2.24, 2.45) is 22.1 Å². The molecule has 4 nitrogen and oxygen atoms in total. The van der Waals surface area contributed by atoms with Gasteiger partial charge in [-0.2, -0.15) is 10.2 Å². The van der Waals surface area contributed by atoms with Crippen LogP contribution < -0.4 is 0 Å². The summed E-state index contributed by atoms with van der Waals surface area (Å²) in [6, 6.07) is 0. The molecule has 0 aromatic heterocycles. The van der Waals surface area contributed by atoms with Gasteiger partial charge in [-0.1, -0.05) is 6.92 Å². The number of hydrogen-bond acceptors (Lipinski definition) is 4. The highest BCUT2D eigenvalue weighted by Crippen LogP contribution is 2.22. The largest absolute Gasteiger partial charge is 0.299 e. The topological polar surface area (TPSA) is 58.9 Å². The van der Waals surface area contributed by atoms with Crippen molar-refractivity contribution < 1.29 is 9.59 Å². The molecule has 0 amide bonds. The predicted molar refractivity (Wildman–Crippen MR) is 47.5 cm³/mol. The van der Waals surface area contributed by atoms with Crippen LogP contribution in [0, 0.1) is 11.8 Å². The molecule has 0 bridgehead atoms. The van der Waals surface area contributed by atoms with Gasteiger partial charge in [-0.3, -0.25) is 9.59 Å². The molecule has 0 N–H and O–H groups in total. The number of carbonyl (C=O) groups is 2. The maximum absolute atomic E-state index is 11.4. The van der Waals surface area contributed by atoms with Gasteiger partial charge in [-0.25, -0.2) is 0 Å². The molecule has 1 rings (SSSR count). The molecule has 1 aliphatic rings. The molecule has 0 aromatic rings. The van der Waals surface area contributed by atoms with Crippen LogP contribution in [-0.2, 0) is 9.59 Å². The van der Waals surface area contributed by atoms with Crippen LogP contribution in [0.1, 0.15) is 19.8 Å². The third-order valence-corrected chi connectivity index (χ3v) is 2.28. The number of azo groups is 1. The van der Waals surface area contributed by atoms with Crippen molar-refractivity contribution in [2.45, 2.75) is 19.8 Å². The number of carbonyl (C=O) groups excluding carboxylic acids is 2. The van der Waals surface area contributed by atoms with E-state index in [0.717, 1.165) is 0 Å². The van der Waals surface area contributed by atoms with Crippen molar-refractivity contribution in [3.05, 3.63) is 0 Å². The Morgan fingerprint density at radius 1 is 1.31 bits per heavy atom. The fourth-order valence-electron chi connectivity index (χ4n) is 1.59. The Labute approximate surface area is 77.4 Å². The van der Waals surface area contributed by atoms with Crippen molar-refractivity contribution in [3.8, 4) is 0 Å². The lowest BCUT2D eigenvalue weighted by Crippen LogP contribution is -2.34. The first kappa shape index (κ1) is 10.0. The van der Waals surface area contributed by atoms with Gasteiger partial charge in [0.05, 0.1) is 12.5 Å². The average Bonchev–Trinajstić information content (AvgIpc) is 2.02. The lowest BCUT2D eigenvalue weighted by atomic mass is 9.81. The van der Waals surface area contributed by atoms with Crippen LogP contribution in [-0.4, -0.2) is 25.2 Å². The zero-order valence-corrected chi connectivity index (χ0v) is 7.99. The minimum absolute atomic E-state index is 0.0242. The third-order valence-electron chi connectivity index (χ3n) is 2.28. The normalized spacial score (nSPS) is 30.0. The van der Waals surface area contributed by atoms with Gasteiger partial charge in [-0.05, 0) is 5.92 Å². The summed E-state index contributed by atoms with van der Waals surface area (Å²) in [6.07, 6.45) is 1.02. The standard InChI is InChI=1S/C9H14N2O2/c1-6-3-8(12)7(5-11-10-2)9(13)4-6/h6-7H,3-5H2,1-2H3. The van der Waals surface area contributed by atoms with Crippen molar-refractivity contribution in [2.75, 3.05) is 13.6 Å². The minimum atomic E-state index is -0.514. The monoisotopic (exact) mass is 182 g/mol. The maximum atomic E-state index is 11.4. The van der Waals surface area contributed by atoms with Crippen LogP contribution in [0.25, 0.3) is 0 Å². The molecule has 4 heteroatoms. The Bertz CT molecular complexity index is 230. The average molecular weight is 182 g/mol. The second-order valence-corrected chi connectivity index (χ2v) is 3.52. The summed E-state index contributed by atoms with van der Waals surface area (Å²) in [6.45, 7) is 2.16. The quantitative estimate of drug-likeness (QED) is 0.476. The van der Waals surface area contributed by atoms with Crippen LogP contribution in [0.3, 0.4) is 0 Å². The molecular formula is C9H14N2O2. The molecule has 1 saturated carbocycles. The maximum Gasteiger partial charge on any atom is 0.145 e. The van der Waals surface area contributed by atoms with Crippen molar-refractivity contribution in [1.82, 2.24) is 0 Å². The molecule has 0 heterocycles. The lowest BCUT2D eigenvalue weighted by molar-refractivity contribution is -0.136. The zero-order valence-electron chi connectivity index (χ0n) is 7.99. The van der Waals surface area contributed by atoms with Gasteiger partial charge in [0.1, 0.15) is 11.6 Å². The summed E-state index contributed by atoms with van der Waals surface area (Å²) < 4.78 is 0. The van der Waals surface area contributed by atoms with Crippen molar-refractivity contribution in [1.29, 1.82) is 0 Å². The molecule has 0 saturated heterocycles. The molecule has 0 radical (unpaired) electrons. The smallest absolute Gasteiger partial charge is 0.145 e. The summed E-state index contributed by atoms with van der Waals surface area (Å²) in [7, 11) is 1.54. The van der Waals surface area contributed by atoms with Gasteiger partial charge in [0.15, 0.2) is 0 Å². The van der Waals surface area contributed by atoms with E-state index in [1.165, 1.54) is 0 Å². The minimum Gasteiger partial charge on any atom is -0.299 e. The summed E-state index contributed by atoms with van der Waals surface area (Å²) >= 11 is 0. The molecular weight excluding hydrogens is 168 g/mol. The van der Waals surface area contributed by atoms with E-state index in [9.17, 15) is 9.59 Å². The lowest BCUT2D eigenvalue weighted by Gasteiger charge is -2.21. The Kier molecular flexibility index (Phi) is 3.28. The highest BCUT2D eigenvalue weighted by molar-refractivity contribution is 6.04. The highest BCUT2D eigenvalue weighted by atomic mass is 16.2. The van der Waals surface area contributed by atoms with E-state index >= 15 is 0 Å². The molecule has 72 valence electrons. The molecule has 0 unspecified atom stereocenters. The summed E-state index contributed by atoms with van der Waals surface area (Å²) in [5, 5.41) is 7.24. The molecule has 0 aliphatic heterocycles. The summed E-state index contributed by atoms with van der Waals surface area (Å²) in [5.41, 5.74) is 0. The van der Waals surface area contributed by atoms with Gasteiger partial charge in [-0.15, -0.1) is 0 Å². The van der Waals surface area contributed by atoms with Gasteiger partial charge < -0.3 is 0 Å². The van der Waals surface area contributed by atoms with E-state index in [2.05, 4.69) is 10.2 Å². The molecule has 0 atom stereocenters. The molecule has 0 spiro atoms. The first-order valence-corrected chi connectivity index (χ1v) is 4.46. The molecule has 0 aromatic carbocycles. The Hall–Kier alpha value is -1.06. The van der Waals surface area contributed by atoms with Crippen LogP contribution >= 0.6 is 0 Å². The number of ketones is 2. The van der Waals surface area contributed by atoms with Crippen LogP contribution in [0.15, 0.2) is 10.2 Å². The fourth-order valence-corrected chi connectivity index (χ4v) is 1.59. The summed E-state index contributed by atoms with van der Waals surface area (Å²) in [5.74, 6) is -0.262. The Balaban J connectivity index is 2.62. The fraction of sp³-hybridized carbons (Fsp3) is 0.778. The van der Waals surface area contributed by atoms with E-state index in [1.54, 1.807) is 7.05 Å². The van der Waals surface area contributed by atoms with Gasteiger partial charge >= 0.3 is 0 Å². The second kappa shape index (κ2) is 4.25. The van der Waals surface area contributed by atoms with Crippen LogP contribution in [0.5, 0.6) is 0 Å². The number of hydrogen-bond donors (Lipinski definition) is 0. The summed E-state index contributed by atoms with van der Waals surface area (Å²) in [4.78, 5) is 22.8. The predicted octanol–water partition coefficient (Wildman–Crippen LogP) is 1.25. The van der Waals surface area contributed by atoms with Crippen LogP contribution in [0.4, 0.5) is 0 Å². The van der Waals surface area contributed by atoms with Crippen LogP contribution in [0.2, 0.25) is 0 Å². The van der Waals surface area contributed by atoms with Crippen molar-refractivity contribution in [3.63, 3.8) is 0 Å². The number of nitrogens with zero attached hydrogens (tertiary/aromatic N) is 2.